The van der Waals surface area contributed by atoms with Gasteiger partial charge in [-0.1, -0.05) is 72.8 Å². The summed E-state index contributed by atoms with van der Waals surface area (Å²) in [4.78, 5) is 14.0. The van der Waals surface area contributed by atoms with Gasteiger partial charge < -0.3 is 14.7 Å². The molecule has 4 nitrogen and oxygen atoms in total. The van der Waals surface area contributed by atoms with E-state index in [0.29, 0.717) is 18.7 Å². The Morgan fingerprint density at radius 3 is 2.17 bits per heavy atom. The monoisotopic (exact) mass is 389 g/mol. The molecule has 3 aromatic carbocycles. The summed E-state index contributed by atoms with van der Waals surface area (Å²) in [6, 6.07) is 27.2. The molecule has 0 unspecified atom stereocenters. The van der Waals surface area contributed by atoms with Crippen LogP contribution in [0.15, 0.2) is 84.9 Å². The number of ether oxygens (including phenoxy) is 1. The predicted octanol–water partition coefficient (Wildman–Crippen LogP) is 4.39. The molecule has 0 aliphatic carbocycles. The minimum Gasteiger partial charge on any atom is -0.489 e. The van der Waals surface area contributed by atoms with Gasteiger partial charge in [0.2, 0.25) is 0 Å². The predicted molar refractivity (Wildman–Crippen MR) is 115 cm³/mol. The van der Waals surface area contributed by atoms with Crippen LogP contribution in [0.2, 0.25) is 0 Å². The van der Waals surface area contributed by atoms with Gasteiger partial charge in [-0.25, -0.2) is 0 Å². The van der Waals surface area contributed by atoms with Gasteiger partial charge in [0.05, 0.1) is 0 Å². The molecule has 1 N–H and O–H groups in total. The Kier molecular flexibility index (Phi) is 7.42. The van der Waals surface area contributed by atoms with Gasteiger partial charge in [-0.15, -0.1) is 0 Å². The van der Waals surface area contributed by atoms with Gasteiger partial charge in [-0.05, 0) is 41.7 Å². The zero-order chi connectivity index (χ0) is 20.5. The van der Waals surface area contributed by atoms with E-state index >= 15 is 0 Å². The summed E-state index contributed by atoms with van der Waals surface area (Å²) >= 11 is 0. The fourth-order valence-corrected chi connectivity index (χ4v) is 3.11. The van der Waals surface area contributed by atoms with Gasteiger partial charge >= 0.3 is 0 Å². The number of benzene rings is 3. The molecule has 0 aliphatic heterocycles. The molecule has 0 aromatic heterocycles. The number of likely N-dealkylation sites (N-methyl/N-ethyl adjacent to an activating group) is 1. The number of carbonyl (C=O) groups is 1. The van der Waals surface area contributed by atoms with E-state index in [0.717, 1.165) is 24.2 Å². The van der Waals surface area contributed by atoms with Crippen molar-refractivity contribution in [3.8, 4) is 5.75 Å². The van der Waals surface area contributed by atoms with E-state index < -0.39 is 6.10 Å². The first-order valence-electron chi connectivity index (χ1n) is 9.87. The number of hydrogen-bond acceptors (Lipinski definition) is 3. The average molecular weight is 389 g/mol. The highest BCUT2D eigenvalue weighted by molar-refractivity contribution is 5.81. The van der Waals surface area contributed by atoms with Crippen LogP contribution in [-0.4, -0.2) is 29.5 Å². The Hall–Kier alpha value is -3.11. The third kappa shape index (κ3) is 6.19. The second kappa shape index (κ2) is 10.4. The van der Waals surface area contributed by atoms with E-state index in [1.807, 2.05) is 60.7 Å². The molecule has 150 valence electrons. The van der Waals surface area contributed by atoms with E-state index in [4.69, 9.17) is 4.74 Å². The molecule has 3 aromatic rings. The summed E-state index contributed by atoms with van der Waals surface area (Å²) in [6.07, 6.45) is 0.577. The number of hydrogen-bond donors (Lipinski definition) is 1. The lowest BCUT2D eigenvalue weighted by atomic mass is 10.1. The van der Waals surface area contributed by atoms with E-state index in [-0.39, 0.29) is 5.91 Å². The summed E-state index contributed by atoms with van der Waals surface area (Å²) in [6.45, 7) is 1.14. The highest BCUT2D eigenvalue weighted by Crippen LogP contribution is 2.17. The lowest BCUT2D eigenvalue weighted by molar-refractivity contribution is -0.139. The minimum atomic E-state index is -1.11. The maximum absolute atomic E-state index is 12.4. The molecular formula is C25H27NO3. The lowest BCUT2D eigenvalue weighted by Gasteiger charge is -2.21. The van der Waals surface area contributed by atoms with Crippen LogP contribution in [0, 0.1) is 0 Å². The third-order valence-electron chi connectivity index (χ3n) is 4.86. The van der Waals surface area contributed by atoms with Crippen molar-refractivity contribution in [3.63, 3.8) is 0 Å². The van der Waals surface area contributed by atoms with Gasteiger partial charge in [-0.2, -0.15) is 0 Å². The molecule has 0 radical (unpaired) electrons. The minimum absolute atomic E-state index is 0.277. The van der Waals surface area contributed by atoms with E-state index in [1.54, 1.807) is 24.1 Å². The molecule has 29 heavy (non-hydrogen) atoms. The average Bonchev–Trinajstić information content (AvgIpc) is 2.78. The molecule has 0 bridgehead atoms. The highest BCUT2D eigenvalue weighted by atomic mass is 16.5. The Bertz CT molecular complexity index is 879. The van der Waals surface area contributed by atoms with Crippen LogP contribution in [0.4, 0.5) is 0 Å². The van der Waals surface area contributed by atoms with E-state index in [1.165, 1.54) is 5.56 Å². The smallest absolute Gasteiger partial charge is 0.255 e. The number of aryl methyl sites for hydroxylation is 1. The summed E-state index contributed by atoms with van der Waals surface area (Å²) < 4.78 is 5.81. The number of rotatable bonds is 9. The van der Waals surface area contributed by atoms with Crippen molar-refractivity contribution in [2.75, 3.05) is 13.6 Å². The maximum Gasteiger partial charge on any atom is 0.255 e. The van der Waals surface area contributed by atoms with Crippen LogP contribution >= 0.6 is 0 Å². The lowest BCUT2D eigenvalue weighted by Crippen LogP contribution is -2.32. The van der Waals surface area contributed by atoms with Crippen LogP contribution < -0.4 is 4.74 Å². The van der Waals surface area contributed by atoms with Crippen molar-refractivity contribution in [2.24, 2.45) is 0 Å². The third-order valence-corrected chi connectivity index (χ3v) is 4.86. The van der Waals surface area contributed by atoms with Gasteiger partial charge in [0.25, 0.3) is 5.91 Å². The van der Waals surface area contributed by atoms with Crippen LogP contribution in [0.1, 0.15) is 29.2 Å². The van der Waals surface area contributed by atoms with Crippen molar-refractivity contribution < 1.29 is 14.6 Å². The summed E-state index contributed by atoms with van der Waals surface area (Å²) in [7, 11) is 1.73. The maximum atomic E-state index is 12.4. The molecule has 0 saturated heterocycles. The van der Waals surface area contributed by atoms with E-state index in [9.17, 15) is 9.90 Å². The zero-order valence-corrected chi connectivity index (χ0v) is 16.7. The van der Waals surface area contributed by atoms with Gasteiger partial charge in [0, 0.05) is 13.6 Å². The van der Waals surface area contributed by atoms with Gasteiger partial charge in [0.1, 0.15) is 12.4 Å². The number of nitrogens with zero attached hydrogens (tertiary/aromatic N) is 1. The fraction of sp³-hybridized carbons (Fsp3) is 0.240. The van der Waals surface area contributed by atoms with Gasteiger partial charge in [0.15, 0.2) is 6.10 Å². The van der Waals surface area contributed by atoms with Crippen molar-refractivity contribution in [3.05, 3.63) is 102 Å². The van der Waals surface area contributed by atoms with Gasteiger partial charge in [-0.3, -0.25) is 4.79 Å². The SMILES string of the molecule is CN(CCCc1ccc(OCc2ccccc2)cc1)C(=O)[C@@H](O)c1ccccc1. The molecular weight excluding hydrogens is 362 g/mol. The topological polar surface area (TPSA) is 49.8 Å². The number of carbonyl (C=O) groups excluding carboxylic acids is 1. The number of aliphatic hydroxyl groups is 1. The first-order chi connectivity index (χ1) is 14.1. The number of aliphatic hydroxyl groups excluding tert-OH is 1. The normalized spacial score (nSPS) is 11.7. The summed E-state index contributed by atoms with van der Waals surface area (Å²) in [5.41, 5.74) is 2.96. The number of amides is 1. The Balaban J connectivity index is 1.42. The standard InChI is InChI=1S/C25H27NO3/c1-26(25(28)24(27)22-12-6-3-7-13-22)18-8-11-20-14-16-23(17-15-20)29-19-21-9-4-2-5-10-21/h2-7,9-10,12-17,24,27H,8,11,18-19H2,1H3/t24-/m0/s1. The molecule has 0 fully saturated rings. The quantitative estimate of drug-likeness (QED) is 0.590. The second-order valence-corrected chi connectivity index (χ2v) is 7.09. The van der Waals surface area contributed by atoms with Crippen LogP contribution in [0.3, 0.4) is 0 Å². The first kappa shape index (κ1) is 20.6. The van der Waals surface area contributed by atoms with Crippen LogP contribution in [0.5, 0.6) is 5.75 Å². The molecule has 1 amide bonds. The molecule has 1 atom stereocenters. The van der Waals surface area contributed by atoms with E-state index in [2.05, 4.69) is 12.1 Å². The summed E-state index contributed by atoms with van der Waals surface area (Å²) in [5, 5.41) is 10.2. The zero-order valence-electron chi connectivity index (χ0n) is 16.7. The van der Waals surface area contributed by atoms with Crippen LogP contribution in [-0.2, 0) is 17.8 Å². The second-order valence-electron chi connectivity index (χ2n) is 7.09. The van der Waals surface area contributed by atoms with Crippen molar-refractivity contribution in [1.82, 2.24) is 4.90 Å². The van der Waals surface area contributed by atoms with Crippen molar-refractivity contribution in [1.29, 1.82) is 0 Å². The van der Waals surface area contributed by atoms with Crippen molar-refractivity contribution >= 4 is 5.91 Å². The largest absolute Gasteiger partial charge is 0.489 e. The molecule has 0 spiro atoms. The Labute approximate surface area is 172 Å². The summed E-state index contributed by atoms with van der Waals surface area (Å²) in [5.74, 6) is 0.566. The van der Waals surface area contributed by atoms with Crippen molar-refractivity contribution in [2.45, 2.75) is 25.6 Å². The molecule has 0 saturated carbocycles. The highest BCUT2D eigenvalue weighted by Gasteiger charge is 2.20. The Morgan fingerprint density at radius 2 is 1.52 bits per heavy atom. The first-order valence-corrected chi connectivity index (χ1v) is 9.87. The molecule has 0 aliphatic rings. The molecule has 3 rings (SSSR count). The van der Waals surface area contributed by atoms with Crippen LogP contribution in [0.25, 0.3) is 0 Å². The molecule has 0 heterocycles. The Morgan fingerprint density at radius 1 is 0.897 bits per heavy atom. The fourth-order valence-electron chi connectivity index (χ4n) is 3.11. The molecule has 4 heteroatoms.